The molecule has 0 bridgehead atoms. The van der Waals surface area contributed by atoms with Gasteiger partial charge in [-0.1, -0.05) is 26.7 Å². The molecular weight excluding hydrogens is 588 g/mol. The van der Waals surface area contributed by atoms with E-state index in [1.54, 1.807) is 0 Å². The molecule has 3 aromatic rings. The van der Waals surface area contributed by atoms with E-state index >= 15 is 0 Å². The van der Waals surface area contributed by atoms with Crippen molar-refractivity contribution in [3.63, 3.8) is 0 Å². The van der Waals surface area contributed by atoms with Crippen LogP contribution in [0.3, 0.4) is 0 Å². The van der Waals surface area contributed by atoms with Crippen LogP contribution in [0.2, 0.25) is 0 Å². The zero-order valence-electron chi connectivity index (χ0n) is 17.3. The first kappa shape index (κ1) is 25.9. The number of aromatic amines is 1. The first-order valence-electron chi connectivity index (χ1n) is 10.1. The monoisotopic (exact) mass is 619 g/mol. The molecule has 0 fully saturated rings. The van der Waals surface area contributed by atoms with E-state index in [0.717, 1.165) is 37.6 Å². The van der Waals surface area contributed by atoms with Gasteiger partial charge in [0.2, 0.25) is 0 Å². The van der Waals surface area contributed by atoms with E-state index in [9.17, 15) is 0 Å². The first-order valence-corrected chi connectivity index (χ1v) is 10.1. The molecule has 158 valence electrons. The molecule has 0 aliphatic heterocycles. The Bertz CT molecular complexity index is 782. The fraction of sp³-hybridized carbons (Fsp3) is 0.455. The zero-order valence-corrected chi connectivity index (χ0v) is 21.6. The second kappa shape index (κ2) is 14.0. The van der Waals surface area contributed by atoms with Crippen LogP contribution in [0.4, 0.5) is 0 Å². The number of pyridine rings is 2. The number of nitrogens with one attached hydrogen (secondary N) is 1. The summed E-state index contributed by atoms with van der Waals surface area (Å²) >= 11 is 0. The molecule has 0 saturated carbocycles. The SMILES string of the molecule is CCCC[n+]1cccc(Cc2n[nH]c(Cc3ccc[n+](CCCC)c3)n2)c1.[I-].[I-]. The normalized spacial score (nSPS) is 10.3. The maximum Gasteiger partial charge on any atom is 0.172 e. The third-order valence-electron chi connectivity index (χ3n) is 4.69. The molecule has 3 rings (SSSR count). The molecule has 0 unspecified atom stereocenters. The van der Waals surface area contributed by atoms with Crippen molar-refractivity contribution in [3.05, 3.63) is 71.8 Å². The molecule has 0 aliphatic rings. The lowest BCUT2D eigenvalue weighted by Crippen LogP contribution is -3.00. The van der Waals surface area contributed by atoms with Crippen LogP contribution in [-0.4, -0.2) is 15.2 Å². The van der Waals surface area contributed by atoms with Crippen molar-refractivity contribution in [2.45, 2.75) is 65.5 Å². The van der Waals surface area contributed by atoms with Crippen LogP contribution < -0.4 is 57.1 Å². The van der Waals surface area contributed by atoms with Gasteiger partial charge in [-0.3, -0.25) is 5.10 Å². The lowest BCUT2D eigenvalue weighted by molar-refractivity contribution is -0.697. The number of halogens is 2. The summed E-state index contributed by atoms with van der Waals surface area (Å²) in [6, 6.07) is 8.52. The maximum atomic E-state index is 4.70. The van der Waals surface area contributed by atoms with Crippen LogP contribution in [0.15, 0.2) is 49.1 Å². The highest BCUT2D eigenvalue weighted by atomic mass is 127. The Labute approximate surface area is 208 Å². The van der Waals surface area contributed by atoms with E-state index in [1.165, 1.54) is 36.8 Å². The van der Waals surface area contributed by atoms with Crippen molar-refractivity contribution < 1.29 is 57.1 Å². The number of hydrogen-bond donors (Lipinski definition) is 1. The third kappa shape index (κ3) is 8.65. The van der Waals surface area contributed by atoms with E-state index in [0.29, 0.717) is 0 Å². The van der Waals surface area contributed by atoms with Crippen molar-refractivity contribution in [2.75, 3.05) is 0 Å². The van der Waals surface area contributed by atoms with E-state index in [2.05, 4.69) is 82.2 Å². The summed E-state index contributed by atoms with van der Waals surface area (Å²) in [5.41, 5.74) is 2.50. The third-order valence-corrected chi connectivity index (χ3v) is 4.69. The summed E-state index contributed by atoms with van der Waals surface area (Å²) in [7, 11) is 0. The van der Waals surface area contributed by atoms with Crippen LogP contribution >= 0.6 is 0 Å². The fourth-order valence-electron chi connectivity index (χ4n) is 3.19. The molecule has 5 nitrogen and oxygen atoms in total. The quantitative estimate of drug-likeness (QED) is 0.197. The average Bonchev–Trinajstić information content (AvgIpc) is 3.12. The number of unbranched alkanes of at least 4 members (excludes halogenated alkanes) is 2. The zero-order chi connectivity index (χ0) is 18.9. The van der Waals surface area contributed by atoms with Crippen molar-refractivity contribution in [2.24, 2.45) is 0 Å². The van der Waals surface area contributed by atoms with Gasteiger partial charge in [0, 0.05) is 48.9 Å². The Balaban J connectivity index is 0.00000210. The summed E-state index contributed by atoms with van der Waals surface area (Å²) in [6.07, 6.45) is 15.1. The van der Waals surface area contributed by atoms with Crippen LogP contribution in [0.5, 0.6) is 0 Å². The predicted molar refractivity (Wildman–Crippen MR) is 105 cm³/mol. The minimum atomic E-state index is 0. The van der Waals surface area contributed by atoms with Crippen molar-refractivity contribution in [1.29, 1.82) is 0 Å². The molecule has 1 N–H and O–H groups in total. The van der Waals surface area contributed by atoms with E-state index in [4.69, 9.17) is 4.98 Å². The predicted octanol–water partition coefficient (Wildman–Crippen LogP) is -2.83. The molecule has 3 aromatic heterocycles. The van der Waals surface area contributed by atoms with Gasteiger partial charge in [0.25, 0.3) is 0 Å². The van der Waals surface area contributed by atoms with Crippen molar-refractivity contribution in [1.82, 2.24) is 15.2 Å². The van der Waals surface area contributed by atoms with Crippen molar-refractivity contribution >= 4 is 0 Å². The van der Waals surface area contributed by atoms with Gasteiger partial charge < -0.3 is 48.0 Å². The van der Waals surface area contributed by atoms with Crippen molar-refractivity contribution in [3.8, 4) is 0 Å². The Hall–Kier alpha value is -1.10. The summed E-state index contributed by atoms with van der Waals surface area (Å²) in [5, 5.41) is 7.53. The summed E-state index contributed by atoms with van der Waals surface area (Å²) in [6.45, 7) is 6.57. The molecule has 0 saturated heterocycles. The fourth-order valence-corrected chi connectivity index (χ4v) is 3.19. The Morgan fingerprint density at radius 2 is 1.38 bits per heavy atom. The molecule has 0 atom stereocenters. The van der Waals surface area contributed by atoms with Gasteiger partial charge in [-0.2, -0.15) is 5.10 Å². The molecule has 7 heteroatoms. The van der Waals surface area contributed by atoms with Gasteiger partial charge in [0.15, 0.2) is 30.6 Å². The Morgan fingerprint density at radius 1 is 0.828 bits per heavy atom. The van der Waals surface area contributed by atoms with E-state index < -0.39 is 0 Å². The van der Waals surface area contributed by atoms with E-state index in [-0.39, 0.29) is 48.0 Å². The second-order valence-corrected chi connectivity index (χ2v) is 7.16. The van der Waals surface area contributed by atoms with Gasteiger partial charge in [0.05, 0.1) is 0 Å². The number of H-pyrrole nitrogens is 1. The molecule has 0 radical (unpaired) electrons. The largest absolute Gasteiger partial charge is 1.00 e. The molecule has 29 heavy (non-hydrogen) atoms. The average molecular weight is 619 g/mol. The summed E-state index contributed by atoms with van der Waals surface area (Å²) < 4.78 is 4.51. The highest BCUT2D eigenvalue weighted by Gasteiger charge is 2.10. The van der Waals surface area contributed by atoms with Gasteiger partial charge >= 0.3 is 0 Å². The van der Waals surface area contributed by atoms with Gasteiger partial charge in [-0.15, -0.1) is 0 Å². The highest BCUT2D eigenvalue weighted by Crippen LogP contribution is 2.07. The lowest BCUT2D eigenvalue weighted by Gasteiger charge is -1.99. The molecule has 0 spiro atoms. The number of aryl methyl sites for hydroxylation is 2. The van der Waals surface area contributed by atoms with Crippen LogP contribution in [0.1, 0.15) is 62.3 Å². The topological polar surface area (TPSA) is 49.3 Å². The molecule has 3 heterocycles. The van der Waals surface area contributed by atoms with Gasteiger partial charge in [-0.25, -0.2) is 14.1 Å². The molecule has 0 aromatic carbocycles. The molecule has 0 aliphatic carbocycles. The standard InChI is InChI=1S/C22H31N5.2HI/c1-3-5-11-26-13-7-9-19(17-26)15-21-23-22(25-24-21)16-20-10-8-14-27(18-20)12-6-4-2;;/h7-10,13-14,17-18H,3-6,11-12,15-16H2,1-2H3,(H,23,24,25);2*1H/q+2;;/p-2. The number of aromatic nitrogens is 5. The lowest BCUT2D eigenvalue weighted by atomic mass is 10.2. The van der Waals surface area contributed by atoms with Crippen LogP contribution in [0, 0.1) is 0 Å². The van der Waals surface area contributed by atoms with E-state index in [1.807, 2.05) is 0 Å². The highest BCUT2D eigenvalue weighted by molar-refractivity contribution is 5.15. The second-order valence-electron chi connectivity index (χ2n) is 7.16. The number of hydrogen-bond acceptors (Lipinski definition) is 2. The Kier molecular flexibility index (Phi) is 12.5. The summed E-state index contributed by atoms with van der Waals surface area (Å²) in [5.74, 6) is 1.78. The summed E-state index contributed by atoms with van der Waals surface area (Å²) in [4.78, 5) is 4.70. The number of rotatable bonds is 10. The Morgan fingerprint density at radius 3 is 1.93 bits per heavy atom. The number of nitrogens with zero attached hydrogens (tertiary/aromatic N) is 4. The molecule has 0 amide bonds. The van der Waals surface area contributed by atoms with Gasteiger partial charge in [-0.05, 0) is 12.1 Å². The minimum absolute atomic E-state index is 0. The smallest absolute Gasteiger partial charge is 0.172 e. The molecular formula is C22H31I2N5. The maximum absolute atomic E-state index is 4.70. The first-order chi connectivity index (χ1) is 13.3. The van der Waals surface area contributed by atoms with Gasteiger partial charge in [0.1, 0.15) is 18.9 Å². The van der Waals surface area contributed by atoms with Crippen LogP contribution in [0.25, 0.3) is 0 Å². The minimum Gasteiger partial charge on any atom is -1.00 e. The van der Waals surface area contributed by atoms with Crippen LogP contribution in [-0.2, 0) is 25.9 Å².